The Labute approximate surface area is 137 Å². The van der Waals surface area contributed by atoms with Gasteiger partial charge in [-0.1, -0.05) is 25.5 Å². The largest absolute Gasteiger partial charge is 0.464 e. The maximum Gasteiger partial charge on any atom is 0.326 e. The van der Waals surface area contributed by atoms with Crippen molar-refractivity contribution in [1.82, 2.24) is 0 Å². The molecule has 0 N–H and O–H groups in total. The highest BCUT2D eigenvalue weighted by Crippen LogP contribution is 2.37. The first kappa shape index (κ1) is 16.6. The average Bonchev–Trinajstić information content (AvgIpc) is 2.83. The van der Waals surface area contributed by atoms with E-state index in [1.165, 1.54) is 0 Å². The lowest BCUT2D eigenvalue weighted by Crippen LogP contribution is -2.44. The molecule has 120 valence electrons. The SMILES string of the molecule is CCCCOC(=O)CN1C2=NCCCN2c2ccccc21.Cl. The van der Waals surface area contributed by atoms with Gasteiger partial charge in [-0.3, -0.25) is 14.7 Å². The minimum Gasteiger partial charge on any atom is -0.464 e. The first-order chi connectivity index (χ1) is 10.3. The van der Waals surface area contributed by atoms with Crippen LogP contribution < -0.4 is 9.80 Å². The predicted molar refractivity (Wildman–Crippen MR) is 91.2 cm³/mol. The number of esters is 1. The highest BCUT2D eigenvalue weighted by molar-refractivity contribution is 6.17. The summed E-state index contributed by atoms with van der Waals surface area (Å²) in [5.41, 5.74) is 2.18. The smallest absolute Gasteiger partial charge is 0.326 e. The molecule has 6 heteroatoms. The van der Waals surface area contributed by atoms with Gasteiger partial charge < -0.3 is 9.64 Å². The van der Waals surface area contributed by atoms with Crippen molar-refractivity contribution in [3.63, 3.8) is 0 Å². The second-order valence-electron chi connectivity index (χ2n) is 5.34. The maximum absolute atomic E-state index is 12.0. The summed E-state index contributed by atoms with van der Waals surface area (Å²) in [5, 5.41) is 0. The van der Waals surface area contributed by atoms with Crippen molar-refractivity contribution in [3.8, 4) is 0 Å². The molecule has 1 aromatic rings. The van der Waals surface area contributed by atoms with Crippen LogP contribution in [0.25, 0.3) is 0 Å². The number of ether oxygens (including phenoxy) is 1. The van der Waals surface area contributed by atoms with Gasteiger partial charge in [0.15, 0.2) is 0 Å². The number of carbonyl (C=O) groups is 1. The van der Waals surface area contributed by atoms with Gasteiger partial charge in [-0.2, -0.15) is 0 Å². The van der Waals surface area contributed by atoms with Crippen LogP contribution in [0.5, 0.6) is 0 Å². The number of nitrogens with zero attached hydrogens (tertiary/aromatic N) is 3. The van der Waals surface area contributed by atoms with Gasteiger partial charge in [-0.15, -0.1) is 12.4 Å². The van der Waals surface area contributed by atoms with E-state index in [9.17, 15) is 4.79 Å². The third kappa shape index (κ3) is 3.19. The number of aliphatic imine (C=N–C) groups is 1. The number of benzene rings is 1. The number of fused-ring (bicyclic) bond motifs is 3. The first-order valence-electron chi connectivity index (χ1n) is 7.65. The van der Waals surface area contributed by atoms with Gasteiger partial charge in [0, 0.05) is 13.1 Å². The lowest BCUT2D eigenvalue weighted by atomic mass is 10.2. The number of hydrogen-bond acceptors (Lipinski definition) is 5. The topological polar surface area (TPSA) is 45.1 Å². The molecule has 0 saturated heterocycles. The van der Waals surface area contributed by atoms with Crippen LogP contribution in [0.15, 0.2) is 29.3 Å². The summed E-state index contributed by atoms with van der Waals surface area (Å²) >= 11 is 0. The average molecular weight is 324 g/mol. The Morgan fingerprint density at radius 1 is 1.32 bits per heavy atom. The normalized spacial score (nSPS) is 15.6. The fraction of sp³-hybridized carbons (Fsp3) is 0.500. The van der Waals surface area contributed by atoms with Gasteiger partial charge in [-0.25, -0.2) is 0 Å². The Morgan fingerprint density at radius 3 is 2.86 bits per heavy atom. The molecule has 0 fully saturated rings. The van der Waals surface area contributed by atoms with E-state index in [1.807, 2.05) is 23.1 Å². The zero-order valence-corrected chi connectivity index (χ0v) is 13.6. The summed E-state index contributed by atoms with van der Waals surface area (Å²) < 4.78 is 5.28. The minimum absolute atomic E-state index is 0. The fourth-order valence-corrected chi connectivity index (χ4v) is 2.74. The molecular formula is C16H22ClN3O2. The van der Waals surface area contributed by atoms with Gasteiger partial charge in [0.05, 0.1) is 18.0 Å². The second-order valence-corrected chi connectivity index (χ2v) is 5.34. The third-order valence-corrected chi connectivity index (χ3v) is 3.79. The summed E-state index contributed by atoms with van der Waals surface area (Å²) in [4.78, 5) is 20.8. The number of hydrogen-bond donors (Lipinski definition) is 0. The Hall–Kier alpha value is -1.75. The molecule has 2 heterocycles. The number of rotatable bonds is 5. The van der Waals surface area contributed by atoms with E-state index in [1.54, 1.807) is 0 Å². The quantitative estimate of drug-likeness (QED) is 0.617. The van der Waals surface area contributed by atoms with Crippen molar-refractivity contribution in [3.05, 3.63) is 24.3 Å². The van der Waals surface area contributed by atoms with Crippen molar-refractivity contribution < 1.29 is 9.53 Å². The van der Waals surface area contributed by atoms with Gasteiger partial charge in [-0.05, 0) is 25.0 Å². The number of carbonyl (C=O) groups excluding carboxylic acids is 1. The molecule has 2 aliphatic heterocycles. The molecule has 1 aromatic carbocycles. The van der Waals surface area contributed by atoms with Gasteiger partial charge in [0.2, 0.25) is 5.96 Å². The van der Waals surface area contributed by atoms with Crippen molar-refractivity contribution in [1.29, 1.82) is 0 Å². The zero-order chi connectivity index (χ0) is 14.7. The van der Waals surface area contributed by atoms with Crippen LogP contribution >= 0.6 is 12.4 Å². The highest BCUT2D eigenvalue weighted by Gasteiger charge is 2.34. The van der Waals surface area contributed by atoms with E-state index in [0.29, 0.717) is 6.61 Å². The Bertz CT molecular complexity index is 562. The minimum atomic E-state index is -0.187. The zero-order valence-electron chi connectivity index (χ0n) is 12.8. The predicted octanol–water partition coefficient (Wildman–Crippen LogP) is 2.84. The number of anilines is 2. The second kappa shape index (κ2) is 7.49. The standard InChI is InChI=1S/C16H21N3O2.ClH/c1-2-3-11-21-15(20)12-19-14-8-5-4-7-13(14)18-10-6-9-17-16(18)19;/h4-5,7-8H,2-3,6,9-12H2,1H3;1H. The van der Waals surface area contributed by atoms with Crippen LogP contribution in [-0.2, 0) is 9.53 Å². The van der Waals surface area contributed by atoms with E-state index >= 15 is 0 Å². The van der Waals surface area contributed by atoms with Crippen LogP contribution in [0.3, 0.4) is 0 Å². The summed E-state index contributed by atoms with van der Waals surface area (Å²) in [5.74, 6) is 0.697. The van der Waals surface area contributed by atoms with Crippen LogP contribution in [0.2, 0.25) is 0 Å². The molecular weight excluding hydrogens is 302 g/mol. The summed E-state index contributed by atoms with van der Waals surface area (Å²) in [6.45, 7) is 4.59. The number of para-hydroxylation sites is 2. The van der Waals surface area contributed by atoms with Gasteiger partial charge >= 0.3 is 5.97 Å². The molecule has 2 aliphatic rings. The molecule has 22 heavy (non-hydrogen) atoms. The molecule has 0 spiro atoms. The molecule has 0 aromatic heterocycles. The molecule has 0 atom stereocenters. The number of guanidine groups is 1. The van der Waals surface area contributed by atoms with E-state index in [2.05, 4.69) is 22.9 Å². The Balaban J connectivity index is 0.00000176. The summed E-state index contributed by atoms with van der Waals surface area (Å²) in [6, 6.07) is 8.13. The van der Waals surface area contributed by atoms with Gasteiger partial charge in [0.1, 0.15) is 6.54 Å². The van der Waals surface area contributed by atoms with E-state index in [0.717, 1.165) is 49.7 Å². The maximum atomic E-state index is 12.0. The van der Waals surface area contributed by atoms with Crippen LogP contribution in [0.4, 0.5) is 11.4 Å². The first-order valence-corrected chi connectivity index (χ1v) is 7.65. The number of unbranched alkanes of at least 4 members (excludes halogenated alkanes) is 1. The molecule has 0 amide bonds. The Morgan fingerprint density at radius 2 is 2.09 bits per heavy atom. The van der Waals surface area contributed by atoms with Gasteiger partial charge in [0.25, 0.3) is 0 Å². The van der Waals surface area contributed by atoms with E-state index < -0.39 is 0 Å². The number of halogens is 1. The molecule has 5 nitrogen and oxygen atoms in total. The van der Waals surface area contributed by atoms with Crippen molar-refractivity contribution in [2.24, 2.45) is 4.99 Å². The van der Waals surface area contributed by atoms with Crippen LogP contribution in [0, 0.1) is 0 Å². The lowest BCUT2D eigenvalue weighted by molar-refractivity contribution is -0.141. The summed E-state index contributed by atoms with van der Waals surface area (Å²) in [7, 11) is 0. The van der Waals surface area contributed by atoms with Crippen molar-refractivity contribution in [2.45, 2.75) is 26.2 Å². The lowest BCUT2D eigenvalue weighted by Gasteiger charge is -2.26. The molecule has 0 aliphatic carbocycles. The highest BCUT2D eigenvalue weighted by atomic mass is 35.5. The van der Waals surface area contributed by atoms with Crippen LogP contribution in [-0.4, -0.2) is 38.2 Å². The molecule has 0 bridgehead atoms. The monoisotopic (exact) mass is 323 g/mol. The van der Waals surface area contributed by atoms with Crippen molar-refractivity contribution >= 4 is 35.7 Å². The van der Waals surface area contributed by atoms with E-state index in [4.69, 9.17) is 4.74 Å². The van der Waals surface area contributed by atoms with E-state index in [-0.39, 0.29) is 24.9 Å². The van der Waals surface area contributed by atoms with Crippen LogP contribution in [0.1, 0.15) is 26.2 Å². The molecule has 0 unspecified atom stereocenters. The third-order valence-electron chi connectivity index (χ3n) is 3.79. The molecule has 0 radical (unpaired) electrons. The molecule has 3 rings (SSSR count). The van der Waals surface area contributed by atoms with Crippen molar-refractivity contribution in [2.75, 3.05) is 36.0 Å². The molecule has 0 saturated carbocycles. The Kier molecular flexibility index (Phi) is 5.66. The summed E-state index contributed by atoms with van der Waals surface area (Å²) in [6.07, 6.45) is 2.99. The fourth-order valence-electron chi connectivity index (χ4n) is 2.74.